The first-order valence-electron chi connectivity index (χ1n) is 10.5. The third-order valence-corrected chi connectivity index (χ3v) is 6.20. The van der Waals surface area contributed by atoms with Gasteiger partial charge in [-0.2, -0.15) is 0 Å². The summed E-state index contributed by atoms with van der Waals surface area (Å²) in [7, 11) is 8.75. The smallest absolute Gasteiger partial charge is 0.137 e. The third kappa shape index (κ3) is 5.06. The van der Waals surface area contributed by atoms with Crippen LogP contribution >= 0.6 is 0 Å². The number of unbranched alkanes of at least 4 members (excludes halogenated alkanes) is 1. The van der Waals surface area contributed by atoms with Gasteiger partial charge in [0, 0.05) is 12.7 Å². The summed E-state index contributed by atoms with van der Waals surface area (Å²) < 4.78 is 0. The van der Waals surface area contributed by atoms with Crippen LogP contribution in [0, 0.1) is 6.92 Å². The molecule has 26 heavy (non-hydrogen) atoms. The van der Waals surface area contributed by atoms with Crippen molar-refractivity contribution in [3.05, 3.63) is 29.3 Å². The Morgan fingerprint density at radius 2 is 1.77 bits per heavy atom. The lowest BCUT2D eigenvalue weighted by Gasteiger charge is -2.41. The molecule has 1 N–H and O–H groups in total. The SMILES string of the molecule is [B]C(C)(CCC)C(CC)c1cccc(N(C)C(O)(CC)CCCC)c1C. The van der Waals surface area contributed by atoms with Crippen molar-refractivity contribution in [1.29, 1.82) is 0 Å². The minimum atomic E-state index is -0.795. The average molecular weight is 357 g/mol. The highest BCUT2D eigenvalue weighted by molar-refractivity contribution is 6.15. The quantitative estimate of drug-likeness (QED) is 0.368. The van der Waals surface area contributed by atoms with E-state index in [0.717, 1.165) is 50.6 Å². The zero-order valence-corrected chi connectivity index (χ0v) is 18.2. The van der Waals surface area contributed by atoms with Gasteiger partial charge in [-0.05, 0) is 55.7 Å². The Morgan fingerprint density at radius 3 is 2.27 bits per heavy atom. The summed E-state index contributed by atoms with van der Waals surface area (Å²) in [6.07, 6.45) is 6.76. The normalized spacial score (nSPS) is 17.4. The van der Waals surface area contributed by atoms with Gasteiger partial charge < -0.3 is 10.0 Å². The lowest BCUT2D eigenvalue weighted by Crippen LogP contribution is -2.46. The van der Waals surface area contributed by atoms with Crippen LogP contribution in [0.25, 0.3) is 0 Å². The van der Waals surface area contributed by atoms with E-state index in [1.165, 1.54) is 11.1 Å². The van der Waals surface area contributed by atoms with Gasteiger partial charge in [-0.1, -0.05) is 71.3 Å². The number of benzene rings is 1. The first-order valence-corrected chi connectivity index (χ1v) is 10.5. The molecule has 0 aromatic heterocycles. The van der Waals surface area contributed by atoms with Crippen LogP contribution in [-0.4, -0.2) is 25.7 Å². The molecule has 2 radical (unpaired) electrons. The van der Waals surface area contributed by atoms with Crippen molar-refractivity contribution in [2.45, 2.75) is 103 Å². The Hall–Kier alpha value is -0.955. The number of rotatable bonds is 11. The molecule has 2 nitrogen and oxygen atoms in total. The van der Waals surface area contributed by atoms with Gasteiger partial charge in [0.25, 0.3) is 0 Å². The molecule has 0 saturated carbocycles. The largest absolute Gasteiger partial charge is 0.371 e. The molecule has 0 bridgehead atoms. The van der Waals surface area contributed by atoms with Crippen LogP contribution < -0.4 is 4.90 Å². The van der Waals surface area contributed by atoms with E-state index in [1.807, 2.05) is 7.05 Å². The topological polar surface area (TPSA) is 23.5 Å². The molecule has 1 aromatic rings. The molecule has 0 spiro atoms. The second kappa shape index (κ2) is 9.83. The molecule has 0 aliphatic carbocycles. The van der Waals surface area contributed by atoms with Crippen LogP contribution in [0.2, 0.25) is 5.31 Å². The van der Waals surface area contributed by atoms with Crippen LogP contribution in [0.5, 0.6) is 0 Å². The molecule has 0 aliphatic heterocycles. The van der Waals surface area contributed by atoms with Crippen molar-refractivity contribution in [2.24, 2.45) is 0 Å². The van der Waals surface area contributed by atoms with Gasteiger partial charge >= 0.3 is 0 Å². The zero-order valence-electron chi connectivity index (χ0n) is 18.2. The third-order valence-electron chi connectivity index (χ3n) is 6.20. The molecule has 3 unspecified atom stereocenters. The van der Waals surface area contributed by atoms with Gasteiger partial charge in [-0.25, -0.2) is 0 Å². The van der Waals surface area contributed by atoms with E-state index in [9.17, 15) is 5.11 Å². The van der Waals surface area contributed by atoms with Gasteiger partial charge in [0.1, 0.15) is 5.72 Å². The maximum absolute atomic E-state index is 11.2. The molecule has 0 amide bonds. The summed E-state index contributed by atoms with van der Waals surface area (Å²) in [6.45, 7) is 13.0. The number of aliphatic hydroxyl groups is 1. The van der Waals surface area contributed by atoms with Gasteiger partial charge in [-0.15, -0.1) is 0 Å². The molecule has 0 fully saturated rings. The minimum absolute atomic E-state index is 0.214. The van der Waals surface area contributed by atoms with E-state index in [1.54, 1.807) is 0 Å². The van der Waals surface area contributed by atoms with Crippen LogP contribution in [0.15, 0.2) is 18.2 Å². The highest BCUT2D eigenvalue weighted by atomic mass is 16.3. The lowest BCUT2D eigenvalue weighted by atomic mass is 9.56. The lowest BCUT2D eigenvalue weighted by molar-refractivity contribution is 0.0264. The molecule has 1 rings (SSSR count). The molecule has 0 aliphatic rings. The molecule has 1 aromatic carbocycles. The maximum Gasteiger partial charge on any atom is 0.137 e. The summed E-state index contributed by atoms with van der Waals surface area (Å²) in [5, 5.41) is 11.0. The van der Waals surface area contributed by atoms with E-state index in [2.05, 4.69) is 64.6 Å². The summed E-state index contributed by atoms with van der Waals surface area (Å²) in [5.74, 6) is 0.321. The van der Waals surface area contributed by atoms with E-state index < -0.39 is 5.72 Å². The minimum Gasteiger partial charge on any atom is -0.371 e. The molecule has 3 heteroatoms. The van der Waals surface area contributed by atoms with Crippen LogP contribution in [0.1, 0.15) is 96.6 Å². The van der Waals surface area contributed by atoms with Gasteiger partial charge in [-0.3, -0.25) is 0 Å². The van der Waals surface area contributed by atoms with Gasteiger partial charge in [0.15, 0.2) is 0 Å². The zero-order chi connectivity index (χ0) is 20.0. The van der Waals surface area contributed by atoms with Crippen molar-refractivity contribution >= 4 is 13.5 Å². The Balaban J connectivity index is 3.30. The number of hydrogen-bond donors (Lipinski definition) is 1. The molecular weight excluding hydrogens is 317 g/mol. The van der Waals surface area contributed by atoms with Crippen molar-refractivity contribution in [3.63, 3.8) is 0 Å². The number of hydrogen-bond acceptors (Lipinski definition) is 2. The summed E-state index contributed by atoms with van der Waals surface area (Å²) in [4.78, 5) is 2.09. The monoisotopic (exact) mass is 357 g/mol. The average Bonchev–Trinajstić information content (AvgIpc) is 2.60. The number of anilines is 1. The van der Waals surface area contributed by atoms with E-state index >= 15 is 0 Å². The van der Waals surface area contributed by atoms with Crippen LogP contribution in [0.3, 0.4) is 0 Å². The molecule has 146 valence electrons. The molecule has 0 saturated heterocycles. The van der Waals surface area contributed by atoms with Gasteiger partial charge in [0.05, 0.1) is 7.85 Å². The Kier molecular flexibility index (Phi) is 8.73. The van der Waals surface area contributed by atoms with Crippen LogP contribution in [0.4, 0.5) is 5.69 Å². The predicted octanol–water partition coefficient (Wildman–Crippen LogP) is 6.36. The molecular formula is C23H40BNO. The predicted molar refractivity (Wildman–Crippen MR) is 116 cm³/mol. The van der Waals surface area contributed by atoms with Crippen LogP contribution in [-0.2, 0) is 0 Å². The van der Waals surface area contributed by atoms with Crippen molar-refractivity contribution in [1.82, 2.24) is 0 Å². The van der Waals surface area contributed by atoms with Crippen molar-refractivity contribution in [2.75, 3.05) is 11.9 Å². The molecule has 3 atom stereocenters. The summed E-state index contributed by atoms with van der Waals surface area (Å²) >= 11 is 0. The second-order valence-electron chi connectivity index (χ2n) is 8.21. The molecule has 0 heterocycles. The van der Waals surface area contributed by atoms with Crippen molar-refractivity contribution < 1.29 is 5.11 Å². The van der Waals surface area contributed by atoms with E-state index in [4.69, 9.17) is 7.85 Å². The Morgan fingerprint density at radius 1 is 1.12 bits per heavy atom. The van der Waals surface area contributed by atoms with Gasteiger partial charge in [0.2, 0.25) is 0 Å². The fraction of sp³-hybridized carbons (Fsp3) is 0.739. The summed E-state index contributed by atoms with van der Waals surface area (Å²) in [5.41, 5.74) is 2.90. The van der Waals surface area contributed by atoms with Crippen molar-refractivity contribution in [3.8, 4) is 0 Å². The Bertz CT molecular complexity index is 557. The fourth-order valence-electron chi connectivity index (χ4n) is 4.40. The number of nitrogens with zero attached hydrogens (tertiary/aromatic N) is 1. The first-order chi connectivity index (χ1) is 12.2. The highest BCUT2D eigenvalue weighted by Gasteiger charge is 2.33. The first kappa shape index (κ1) is 23.1. The van der Waals surface area contributed by atoms with E-state index in [-0.39, 0.29) is 5.31 Å². The Labute approximate surface area is 163 Å². The highest BCUT2D eigenvalue weighted by Crippen LogP contribution is 2.47. The van der Waals surface area contributed by atoms with E-state index in [0.29, 0.717) is 5.92 Å². The second-order valence-corrected chi connectivity index (χ2v) is 8.21. The summed E-state index contributed by atoms with van der Waals surface area (Å²) in [6, 6.07) is 6.47. The standard InChI is InChI=1S/C23H40BNO/c1-8-12-17-23(26,11-4)25(7)21-15-13-14-19(18(21)5)20(10-3)22(6,24)16-9-2/h13-15,20,26H,8-12,16-17H2,1-7H3. The fourth-order valence-corrected chi connectivity index (χ4v) is 4.40. The maximum atomic E-state index is 11.2.